The van der Waals surface area contributed by atoms with Crippen LogP contribution in [0.1, 0.15) is 19.1 Å². The lowest BCUT2D eigenvalue weighted by atomic mass is 10.1. The van der Waals surface area contributed by atoms with Crippen LogP contribution in [0.3, 0.4) is 0 Å². The van der Waals surface area contributed by atoms with Crippen LogP contribution in [0.5, 0.6) is 0 Å². The second-order valence-corrected chi connectivity index (χ2v) is 4.62. The summed E-state index contributed by atoms with van der Waals surface area (Å²) >= 11 is 0. The lowest BCUT2D eigenvalue weighted by Crippen LogP contribution is -2.16. The van der Waals surface area contributed by atoms with Crippen LogP contribution in [0.15, 0.2) is 41.0 Å². The van der Waals surface area contributed by atoms with Crippen molar-refractivity contribution in [3.05, 3.63) is 58.3 Å². The Balaban J connectivity index is 1.96. The van der Waals surface area contributed by atoms with Crippen molar-refractivity contribution in [2.75, 3.05) is 5.32 Å². The average molecular weight is 278 g/mol. The molecule has 0 amide bonds. The second-order valence-electron chi connectivity index (χ2n) is 4.62. The Bertz CT molecular complexity index is 584. The number of anilines is 1. The number of nitro groups is 1. The molecule has 1 aromatic heterocycles. The summed E-state index contributed by atoms with van der Waals surface area (Å²) in [5, 5.41) is 13.7. The van der Waals surface area contributed by atoms with Gasteiger partial charge in [-0.25, -0.2) is 4.39 Å². The fourth-order valence-corrected chi connectivity index (χ4v) is 1.93. The fourth-order valence-electron chi connectivity index (χ4n) is 1.93. The third kappa shape index (κ3) is 3.81. The summed E-state index contributed by atoms with van der Waals surface area (Å²) in [5.41, 5.74) is 0.148. The monoisotopic (exact) mass is 278 g/mol. The van der Waals surface area contributed by atoms with Gasteiger partial charge in [0.1, 0.15) is 11.6 Å². The number of hydrogen-bond acceptors (Lipinski definition) is 4. The predicted octanol–water partition coefficient (Wildman–Crippen LogP) is 3.76. The van der Waals surface area contributed by atoms with E-state index in [1.54, 1.807) is 6.26 Å². The Morgan fingerprint density at radius 2 is 2.25 bits per heavy atom. The first kappa shape index (κ1) is 14.0. The first-order valence-corrected chi connectivity index (χ1v) is 6.28. The van der Waals surface area contributed by atoms with Gasteiger partial charge in [-0.15, -0.1) is 0 Å². The molecular weight excluding hydrogens is 263 g/mol. The highest BCUT2D eigenvalue weighted by molar-refractivity contribution is 5.52. The Hall–Kier alpha value is -2.37. The molecule has 0 saturated heterocycles. The van der Waals surface area contributed by atoms with Crippen molar-refractivity contribution in [1.29, 1.82) is 0 Å². The number of non-ortho nitro benzene ring substituents is 1. The van der Waals surface area contributed by atoms with Gasteiger partial charge in [-0.05, 0) is 31.5 Å². The standard InChI is InChI=1S/C14H15FN2O3/c1-10(4-5-14-3-2-6-20-14)16-12-7-11(15)8-13(9-12)17(18)19/h2-3,6-10,16H,4-5H2,1H3. The molecule has 20 heavy (non-hydrogen) atoms. The summed E-state index contributed by atoms with van der Waals surface area (Å²) in [5.74, 6) is 0.254. The van der Waals surface area contributed by atoms with E-state index in [2.05, 4.69) is 5.32 Å². The number of hydrogen-bond donors (Lipinski definition) is 1. The van der Waals surface area contributed by atoms with E-state index in [-0.39, 0.29) is 11.7 Å². The van der Waals surface area contributed by atoms with E-state index in [0.717, 1.165) is 24.7 Å². The predicted molar refractivity (Wildman–Crippen MR) is 73.2 cm³/mol. The van der Waals surface area contributed by atoms with Gasteiger partial charge >= 0.3 is 0 Å². The zero-order valence-electron chi connectivity index (χ0n) is 11.0. The summed E-state index contributed by atoms with van der Waals surface area (Å²) < 4.78 is 18.5. The summed E-state index contributed by atoms with van der Waals surface area (Å²) in [4.78, 5) is 10.1. The number of nitrogens with zero attached hydrogens (tertiary/aromatic N) is 1. The number of halogens is 1. The van der Waals surface area contributed by atoms with E-state index in [1.165, 1.54) is 12.1 Å². The number of furan rings is 1. The Kier molecular flexibility index (Phi) is 4.34. The van der Waals surface area contributed by atoms with Gasteiger partial charge in [0.15, 0.2) is 0 Å². The number of nitro benzene ring substituents is 1. The molecule has 2 rings (SSSR count). The maximum Gasteiger partial charge on any atom is 0.274 e. The molecule has 0 spiro atoms. The molecular formula is C14H15FN2O3. The summed E-state index contributed by atoms with van der Waals surface area (Å²) in [6, 6.07) is 7.23. The van der Waals surface area contributed by atoms with Crippen molar-refractivity contribution in [1.82, 2.24) is 0 Å². The van der Waals surface area contributed by atoms with Crippen molar-refractivity contribution in [3.63, 3.8) is 0 Å². The molecule has 1 unspecified atom stereocenters. The Labute approximate surface area is 115 Å². The maximum atomic E-state index is 13.3. The summed E-state index contributed by atoms with van der Waals surface area (Å²) in [7, 11) is 0. The Morgan fingerprint density at radius 1 is 1.45 bits per heavy atom. The first-order valence-electron chi connectivity index (χ1n) is 6.28. The van der Waals surface area contributed by atoms with Crippen molar-refractivity contribution in [2.24, 2.45) is 0 Å². The second kappa shape index (κ2) is 6.18. The normalized spacial score (nSPS) is 12.1. The molecule has 0 aliphatic carbocycles. The molecule has 1 aromatic carbocycles. The van der Waals surface area contributed by atoms with E-state index in [9.17, 15) is 14.5 Å². The molecule has 1 atom stereocenters. The van der Waals surface area contributed by atoms with Gasteiger partial charge in [-0.2, -0.15) is 0 Å². The molecule has 0 aliphatic heterocycles. The van der Waals surface area contributed by atoms with Crippen molar-refractivity contribution >= 4 is 11.4 Å². The highest BCUT2D eigenvalue weighted by Crippen LogP contribution is 2.21. The van der Waals surface area contributed by atoms with Crippen molar-refractivity contribution in [2.45, 2.75) is 25.8 Å². The van der Waals surface area contributed by atoms with Gasteiger partial charge in [-0.3, -0.25) is 10.1 Å². The minimum Gasteiger partial charge on any atom is -0.469 e. The minimum absolute atomic E-state index is 0.0431. The average Bonchev–Trinajstić information content (AvgIpc) is 2.88. The first-order chi connectivity index (χ1) is 9.54. The molecule has 0 fully saturated rings. The van der Waals surface area contributed by atoms with Crippen LogP contribution in [0.2, 0.25) is 0 Å². The molecule has 0 saturated carbocycles. The zero-order valence-corrected chi connectivity index (χ0v) is 11.0. The van der Waals surface area contributed by atoms with Crippen LogP contribution in [-0.4, -0.2) is 11.0 Å². The van der Waals surface area contributed by atoms with Crippen LogP contribution in [0, 0.1) is 15.9 Å². The lowest BCUT2D eigenvalue weighted by Gasteiger charge is -2.14. The maximum absolute atomic E-state index is 13.3. The molecule has 2 aromatic rings. The third-order valence-corrected chi connectivity index (χ3v) is 2.91. The van der Waals surface area contributed by atoms with Gasteiger partial charge < -0.3 is 9.73 Å². The number of aryl methyl sites for hydroxylation is 1. The molecule has 0 bridgehead atoms. The van der Waals surface area contributed by atoms with Gasteiger partial charge in [-0.1, -0.05) is 0 Å². The van der Waals surface area contributed by atoms with Crippen LogP contribution in [0.4, 0.5) is 15.8 Å². The minimum atomic E-state index is -0.625. The van der Waals surface area contributed by atoms with Gasteiger partial charge in [0, 0.05) is 24.2 Å². The molecule has 106 valence electrons. The van der Waals surface area contributed by atoms with Crippen LogP contribution in [-0.2, 0) is 6.42 Å². The lowest BCUT2D eigenvalue weighted by molar-refractivity contribution is -0.385. The molecule has 1 heterocycles. The van der Waals surface area contributed by atoms with E-state index in [4.69, 9.17) is 4.42 Å². The molecule has 5 nitrogen and oxygen atoms in total. The van der Waals surface area contributed by atoms with Crippen molar-refractivity contribution in [3.8, 4) is 0 Å². The quantitative estimate of drug-likeness (QED) is 0.645. The van der Waals surface area contributed by atoms with E-state index in [0.29, 0.717) is 5.69 Å². The number of nitrogens with one attached hydrogen (secondary N) is 1. The molecule has 0 radical (unpaired) electrons. The highest BCUT2D eigenvalue weighted by Gasteiger charge is 2.11. The van der Waals surface area contributed by atoms with Gasteiger partial charge in [0.25, 0.3) is 5.69 Å². The number of rotatable bonds is 6. The van der Waals surface area contributed by atoms with E-state index >= 15 is 0 Å². The van der Waals surface area contributed by atoms with E-state index in [1.807, 2.05) is 19.1 Å². The van der Waals surface area contributed by atoms with E-state index < -0.39 is 10.7 Å². The van der Waals surface area contributed by atoms with Crippen LogP contribution >= 0.6 is 0 Å². The number of benzene rings is 1. The fraction of sp³-hybridized carbons (Fsp3) is 0.286. The van der Waals surface area contributed by atoms with Gasteiger partial charge in [0.05, 0.1) is 17.3 Å². The highest BCUT2D eigenvalue weighted by atomic mass is 19.1. The summed E-state index contributed by atoms with van der Waals surface area (Å²) in [6.07, 6.45) is 3.14. The molecule has 6 heteroatoms. The molecule has 0 aliphatic rings. The largest absolute Gasteiger partial charge is 0.469 e. The summed E-state index contributed by atoms with van der Waals surface area (Å²) in [6.45, 7) is 1.93. The SMILES string of the molecule is CC(CCc1ccco1)Nc1cc(F)cc([N+](=O)[O-])c1. The van der Waals surface area contributed by atoms with Gasteiger partial charge in [0.2, 0.25) is 0 Å². The Morgan fingerprint density at radius 3 is 2.90 bits per heavy atom. The topological polar surface area (TPSA) is 68.3 Å². The molecule has 1 N–H and O–H groups in total. The smallest absolute Gasteiger partial charge is 0.274 e. The van der Waals surface area contributed by atoms with Crippen molar-refractivity contribution < 1.29 is 13.7 Å². The van der Waals surface area contributed by atoms with Crippen LogP contribution < -0.4 is 5.32 Å². The van der Waals surface area contributed by atoms with Crippen LogP contribution in [0.25, 0.3) is 0 Å². The zero-order chi connectivity index (χ0) is 14.5. The third-order valence-electron chi connectivity index (χ3n) is 2.91.